The monoisotopic (exact) mass is 460 g/mol. The second-order valence-electron chi connectivity index (χ2n) is 7.94. The molecular weight excluding hydrogens is 435 g/mol. The van der Waals surface area contributed by atoms with E-state index in [4.69, 9.17) is 0 Å². The van der Waals surface area contributed by atoms with E-state index in [2.05, 4.69) is 31.9 Å². The Bertz CT molecular complexity index is 1270. The van der Waals surface area contributed by atoms with Crippen LogP contribution in [0.3, 0.4) is 0 Å². The number of ketones is 1. The minimum atomic E-state index is -3.94. The zero-order valence-corrected chi connectivity index (χ0v) is 18.8. The maximum atomic E-state index is 15.2. The predicted octanol–water partition coefficient (Wildman–Crippen LogP) is 3.15. The molecular formula is C21H25FN6O3S. The van der Waals surface area contributed by atoms with E-state index in [9.17, 15) is 13.2 Å². The van der Waals surface area contributed by atoms with Crippen molar-refractivity contribution in [2.45, 2.75) is 32.7 Å². The molecule has 9 nitrogen and oxygen atoms in total. The molecule has 0 spiro atoms. The van der Waals surface area contributed by atoms with Crippen LogP contribution in [0.5, 0.6) is 0 Å². The number of aromatic amines is 1. The standard InChI is InChI=1S/C21H25FN6O3S/c1-4-28(3)32(30,31)27-16-7-5-6-14(18(16)22)19(29)15-10-23-20-17(15)21(25-11-24-20)26-12(2)13-8-9-13/h5-7,10-13,27H,4,8-9H2,1-3H3,(H2,23,24,25,26)/t12-/m1/s1. The smallest absolute Gasteiger partial charge is 0.301 e. The SMILES string of the molecule is CCN(C)S(=O)(=O)Nc1cccc(C(=O)c2c[nH]c3ncnc(N[C@H](C)C4CC4)c23)c1F. The van der Waals surface area contributed by atoms with E-state index >= 15 is 4.39 Å². The summed E-state index contributed by atoms with van der Waals surface area (Å²) >= 11 is 0. The first-order valence-corrected chi connectivity index (χ1v) is 11.8. The summed E-state index contributed by atoms with van der Waals surface area (Å²) in [6.07, 6.45) is 5.15. The van der Waals surface area contributed by atoms with Gasteiger partial charge >= 0.3 is 10.2 Å². The van der Waals surface area contributed by atoms with Gasteiger partial charge in [-0.1, -0.05) is 13.0 Å². The van der Waals surface area contributed by atoms with Crippen LogP contribution >= 0.6 is 0 Å². The zero-order valence-electron chi connectivity index (χ0n) is 18.0. The number of halogens is 1. The number of carbonyl (C=O) groups is 1. The molecule has 11 heteroatoms. The molecule has 2 aromatic heterocycles. The number of nitrogens with zero attached hydrogens (tertiary/aromatic N) is 3. The average molecular weight is 461 g/mol. The second-order valence-corrected chi connectivity index (χ2v) is 9.71. The van der Waals surface area contributed by atoms with E-state index in [1.807, 2.05) is 0 Å². The van der Waals surface area contributed by atoms with Crippen molar-refractivity contribution in [3.63, 3.8) is 0 Å². The third kappa shape index (κ3) is 4.17. The fraction of sp³-hybridized carbons (Fsp3) is 0.381. The number of carbonyl (C=O) groups excluding carboxylic acids is 1. The van der Waals surface area contributed by atoms with E-state index in [1.54, 1.807) is 6.92 Å². The molecule has 2 heterocycles. The van der Waals surface area contributed by atoms with Gasteiger partial charge in [0, 0.05) is 25.8 Å². The van der Waals surface area contributed by atoms with E-state index in [0.717, 1.165) is 17.1 Å². The third-order valence-electron chi connectivity index (χ3n) is 5.75. The minimum absolute atomic E-state index is 0.177. The molecule has 1 aliphatic carbocycles. The zero-order chi connectivity index (χ0) is 23.0. The summed E-state index contributed by atoms with van der Waals surface area (Å²) in [5, 5.41) is 3.81. The van der Waals surface area contributed by atoms with Gasteiger partial charge in [-0.05, 0) is 37.8 Å². The molecule has 1 fully saturated rings. The van der Waals surface area contributed by atoms with Crippen LogP contribution in [-0.4, -0.2) is 53.1 Å². The van der Waals surface area contributed by atoms with Crippen molar-refractivity contribution >= 4 is 38.5 Å². The molecule has 1 atom stereocenters. The molecule has 170 valence electrons. The molecule has 32 heavy (non-hydrogen) atoms. The number of benzene rings is 1. The number of nitrogens with one attached hydrogen (secondary N) is 3. The average Bonchev–Trinajstić information content (AvgIpc) is 3.53. The van der Waals surface area contributed by atoms with Crippen molar-refractivity contribution in [1.29, 1.82) is 0 Å². The molecule has 0 amide bonds. The fourth-order valence-electron chi connectivity index (χ4n) is 3.50. The van der Waals surface area contributed by atoms with Crippen LogP contribution in [0.2, 0.25) is 0 Å². The molecule has 1 aromatic carbocycles. The Hall–Kier alpha value is -3.05. The lowest BCUT2D eigenvalue weighted by atomic mass is 10.0. The first-order chi connectivity index (χ1) is 15.2. The molecule has 3 aromatic rings. The van der Waals surface area contributed by atoms with Crippen LogP contribution in [0.4, 0.5) is 15.9 Å². The maximum Gasteiger partial charge on any atom is 0.301 e. The van der Waals surface area contributed by atoms with Crippen LogP contribution in [0, 0.1) is 11.7 Å². The number of anilines is 2. The highest BCUT2D eigenvalue weighted by molar-refractivity contribution is 7.90. The summed E-state index contributed by atoms with van der Waals surface area (Å²) in [7, 11) is -2.57. The summed E-state index contributed by atoms with van der Waals surface area (Å²) in [5.74, 6) is -0.490. The second kappa shape index (κ2) is 8.47. The highest BCUT2D eigenvalue weighted by Crippen LogP contribution is 2.35. The van der Waals surface area contributed by atoms with Gasteiger partial charge in [0.05, 0.1) is 22.2 Å². The molecule has 1 aliphatic rings. The van der Waals surface area contributed by atoms with Crippen molar-refractivity contribution in [2.75, 3.05) is 23.6 Å². The van der Waals surface area contributed by atoms with Gasteiger partial charge in [-0.15, -0.1) is 0 Å². The third-order valence-corrected chi connectivity index (χ3v) is 7.30. The van der Waals surface area contributed by atoms with Crippen molar-refractivity contribution in [1.82, 2.24) is 19.3 Å². The normalized spacial score (nSPS) is 15.2. The number of fused-ring (bicyclic) bond motifs is 1. The van der Waals surface area contributed by atoms with Crippen molar-refractivity contribution in [2.24, 2.45) is 5.92 Å². The lowest BCUT2D eigenvalue weighted by molar-refractivity contribution is 0.103. The molecule has 4 rings (SSSR count). The molecule has 0 radical (unpaired) electrons. The van der Waals surface area contributed by atoms with Gasteiger partial charge in [0.25, 0.3) is 0 Å². The van der Waals surface area contributed by atoms with Crippen LogP contribution in [0.25, 0.3) is 11.0 Å². The highest BCUT2D eigenvalue weighted by atomic mass is 32.2. The Kier molecular flexibility index (Phi) is 5.87. The van der Waals surface area contributed by atoms with E-state index < -0.39 is 21.8 Å². The maximum absolute atomic E-state index is 15.2. The van der Waals surface area contributed by atoms with Crippen LogP contribution in [0.15, 0.2) is 30.7 Å². The summed E-state index contributed by atoms with van der Waals surface area (Å²) in [5.41, 5.74) is 0.106. The van der Waals surface area contributed by atoms with Gasteiger partial charge in [0.15, 0.2) is 11.6 Å². The van der Waals surface area contributed by atoms with Crippen LogP contribution in [-0.2, 0) is 10.2 Å². The molecule has 0 bridgehead atoms. The number of rotatable bonds is 9. The quantitative estimate of drug-likeness (QED) is 0.422. The van der Waals surface area contributed by atoms with Crippen molar-refractivity contribution < 1.29 is 17.6 Å². The number of aromatic nitrogens is 3. The summed E-state index contributed by atoms with van der Waals surface area (Å²) in [6, 6.07) is 4.20. The Morgan fingerprint density at radius 2 is 2.06 bits per heavy atom. The topological polar surface area (TPSA) is 120 Å². The fourth-order valence-corrected chi connectivity index (χ4v) is 4.43. The lowest BCUT2D eigenvalue weighted by Gasteiger charge is -2.17. The predicted molar refractivity (Wildman–Crippen MR) is 120 cm³/mol. The Morgan fingerprint density at radius 1 is 1.31 bits per heavy atom. The Balaban J connectivity index is 1.71. The van der Waals surface area contributed by atoms with Gasteiger partial charge in [-0.3, -0.25) is 9.52 Å². The van der Waals surface area contributed by atoms with Crippen molar-refractivity contribution in [3.8, 4) is 0 Å². The number of hydrogen-bond donors (Lipinski definition) is 3. The minimum Gasteiger partial charge on any atom is -0.367 e. The van der Waals surface area contributed by atoms with Gasteiger partial charge in [0.2, 0.25) is 0 Å². The summed E-state index contributed by atoms with van der Waals surface area (Å²) < 4.78 is 43.1. The molecule has 0 unspecified atom stereocenters. The molecule has 0 aliphatic heterocycles. The number of H-pyrrole nitrogens is 1. The van der Waals surface area contributed by atoms with E-state index in [0.29, 0.717) is 22.8 Å². The van der Waals surface area contributed by atoms with Gasteiger partial charge in [-0.2, -0.15) is 12.7 Å². The summed E-state index contributed by atoms with van der Waals surface area (Å²) in [4.78, 5) is 24.7. The molecule has 0 saturated heterocycles. The van der Waals surface area contributed by atoms with E-state index in [1.165, 1.54) is 37.8 Å². The summed E-state index contributed by atoms with van der Waals surface area (Å²) in [6.45, 7) is 3.92. The van der Waals surface area contributed by atoms with Crippen LogP contribution in [0.1, 0.15) is 42.6 Å². The molecule has 1 saturated carbocycles. The Morgan fingerprint density at radius 3 is 2.75 bits per heavy atom. The van der Waals surface area contributed by atoms with Gasteiger partial charge in [-0.25, -0.2) is 14.4 Å². The van der Waals surface area contributed by atoms with E-state index in [-0.39, 0.29) is 29.4 Å². The highest BCUT2D eigenvalue weighted by Gasteiger charge is 2.29. The largest absolute Gasteiger partial charge is 0.367 e. The first-order valence-electron chi connectivity index (χ1n) is 10.4. The van der Waals surface area contributed by atoms with Crippen molar-refractivity contribution in [3.05, 3.63) is 47.7 Å². The molecule has 3 N–H and O–H groups in total. The van der Waals surface area contributed by atoms with Crippen LogP contribution < -0.4 is 10.0 Å². The number of hydrogen-bond acceptors (Lipinski definition) is 6. The van der Waals surface area contributed by atoms with Gasteiger partial charge < -0.3 is 10.3 Å². The first kappa shape index (κ1) is 22.2. The lowest BCUT2D eigenvalue weighted by Crippen LogP contribution is -2.32. The van der Waals surface area contributed by atoms with Gasteiger partial charge in [0.1, 0.15) is 17.8 Å². The Labute approximate surface area is 185 Å².